The third-order valence-corrected chi connectivity index (χ3v) is 2.84. The van der Waals surface area contributed by atoms with Crippen LogP contribution in [0.4, 0.5) is 13.2 Å². The van der Waals surface area contributed by atoms with Crippen molar-refractivity contribution in [3.05, 3.63) is 29.6 Å². The molecule has 0 amide bonds. The van der Waals surface area contributed by atoms with E-state index in [4.69, 9.17) is 4.74 Å². The van der Waals surface area contributed by atoms with Crippen molar-refractivity contribution >= 4 is 5.97 Å². The molecule has 0 spiro atoms. The maximum atomic E-state index is 13.5. The van der Waals surface area contributed by atoms with Crippen LogP contribution in [0.25, 0.3) is 0 Å². The minimum atomic E-state index is -3.05. The lowest BCUT2D eigenvalue weighted by Gasteiger charge is -2.13. The molecular formula is C14H17F3O3. The number of halogens is 3. The van der Waals surface area contributed by atoms with Crippen molar-refractivity contribution in [1.29, 1.82) is 0 Å². The van der Waals surface area contributed by atoms with Gasteiger partial charge in [-0.3, -0.25) is 4.79 Å². The van der Waals surface area contributed by atoms with E-state index in [1.807, 2.05) is 6.92 Å². The third-order valence-electron chi connectivity index (χ3n) is 2.84. The first-order valence-corrected chi connectivity index (χ1v) is 6.34. The van der Waals surface area contributed by atoms with E-state index in [1.165, 1.54) is 12.1 Å². The summed E-state index contributed by atoms with van der Waals surface area (Å²) in [6.07, 6.45) is 0.836. The summed E-state index contributed by atoms with van der Waals surface area (Å²) in [4.78, 5) is 11.0. The number of hydrogen-bond donors (Lipinski definition) is 0. The molecule has 1 aromatic carbocycles. The van der Waals surface area contributed by atoms with Crippen LogP contribution in [0, 0.1) is 5.82 Å². The number of esters is 1. The van der Waals surface area contributed by atoms with Gasteiger partial charge in [-0.05, 0) is 30.0 Å². The van der Waals surface area contributed by atoms with Gasteiger partial charge in [-0.25, -0.2) is 4.39 Å². The Balaban J connectivity index is 2.58. The summed E-state index contributed by atoms with van der Waals surface area (Å²) < 4.78 is 46.5. The number of alkyl halides is 2. The Bertz CT molecular complexity index is 449. The Morgan fingerprint density at radius 2 is 2.05 bits per heavy atom. The molecular weight excluding hydrogens is 273 g/mol. The Kier molecular flexibility index (Phi) is 6.35. The molecule has 0 fully saturated rings. The van der Waals surface area contributed by atoms with Gasteiger partial charge in [0.05, 0.1) is 6.61 Å². The fourth-order valence-corrected chi connectivity index (χ4v) is 1.63. The van der Waals surface area contributed by atoms with E-state index in [2.05, 4.69) is 4.74 Å². The molecule has 0 N–H and O–H groups in total. The van der Waals surface area contributed by atoms with Gasteiger partial charge in [-0.1, -0.05) is 19.9 Å². The van der Waals surface area contributed by atoms with Crippen LogP contribution in [-0.2, 0) is 9.53 Å². The second kappa shape index (κ2) is 7.77. The van der Waals surface area contributed by atoms with E-state index in [-0.39, 0.29) is 18.5 Å². The van der Waals surface area contributed by atoms with Gasteiger partial charge in [0.1, 0.15) is 0 Å². The van der Waals surface area contributed by atoms with Gasteiger partial charge < -0.3 is 9.47 Å². The lowest BCUT2D eigenvalue weighted by Crippen LogP contribution is -2.07. The number of ether oxygens (including phenoxy) is 2. The molecule has 3 nitrogen and oxygen atoms in total. The zero-order valence-electron chi connectivity index (χ0n) is 11.4. The largest absolute Gasteiger partial charge is 0.466 e. The summed E-state index contributed by atoms with van der Waals surface area (Å²) in [5.41, 5.74) is 0.636. The lowest BCUT2D eigenvalue weighted by atomic mass is 9.98. The first kappa shape index (κ1) is 16.3. The van der Waals surface area contributed by atoms with Crippen LogP contribution < -0.4 is 4.74 Å². The van der Waals surface area contributed by atoms with Crippen molar-refractivity contribution in [3.8, 4) is 5.75 Å². The van der Waals surface area contributed by atoms with Crippen LogP contribution in [0.2, 0.25) is 0 Å². The first-order valence-electron chi connectivity index (χ1n) is 6.34. The summed E-state index contributed by atoms with van der Waals surface area (Å²) in [6, 6.07) is 3.85. The monoisotopic (exact) mass is 290 g/mol. The quantitative estimate of drug-likeness (QED) is 0.715. The van der Waals surface area contributed by atoms with Crippen molar-refractivity contribution in [2.24, 2.45) is 0 Å². The predicted octanol–water partition coefficient (Wildman–Crippen LogP) is 3.87. The maximum absolute atomic E-state index is 13.5. The molecule has 0 saturated heterocycles. The van der Waals surface area contributed by atoms with Gasteiger partial charge in [0.25, 0.3) is 0 Å². The van der Waals surface area contributed by atoms with E-state index in [9.17, 15) is 18.0 Å². The molecule has 0 heterocycles. The molecule has 0 aromatic heterocycles. The fraction of sp³-hybridized carbons (Fsp3) is 0.500. The highest BCUT2D eigenvalue weighted by molar-refractivity contribution is 5.68. The van der Waals surface area contributed by atoms with E-state index >= 15 is 0 Å². The summed E-state index contributed by atoms with van der Waals surface area (Å²) in [5.74, 6) is -1.66. The van der Waals surface area contributed by atoms with Crippen LogP contribution in [0.15, 0.2) is 18.2 Å². The molecule has 1 rings (SSSR count). The lowest BCUT2D eigenvalue weighted by molar-refractivity contribution is -0.143. The summed E-state index contributed by atoms with van der Waals surface area (Å²) >= 11 is 0. The van der Waals surface area contributed by atoms with Crippen molar-refractivity contribution in [2.45, 2.75) is 39.2 Å². The summed E-state index contributed by atoms with van der Waals surface area (Å²) in [5, 5.41) is 0. The van der Waals surface area contributed by atoms with Crippen molar-refractivity contribution in [2.75, 3.05) is 6.61 Å². The number of carbonyl (C=O) groups excluding carboxylic acids is 1. The smallest absolute Gasteiger partial charge is 0.387 e. The number of hydrogen-bond acceptors (Lipinski definition) is 3. The first-order chi connectivity index (χ1) is 9.43. The minimum absolute atomic E-state index is 0.0604. The molecule has 112 valence electrons. The maximum Gasteiger partial charge on any atom is 0.387 e. The molecule has 0 saturated carbocycles. The van der Waals surface area contributed by atoms with Crippen molar-refractivity contribution in [1.82, 2.24) is 0 Å². The van der Waals surface area contributed by atoms with Crippen LogP contribution in [0.5, 0.6) is 5.75 Å². The molecule has 1 unspecified atom stereocenters. The Hall–Kier alpha value is -1.72. The average Bonchev–Trinajstić information content (AvgIpc) is 2.40. The number of carbonyl (C=O) groups is 1. The molecule has 1 atom stereocenters. The van der Waals surface area contributed by atoms with Gasteiger partial charge in [-0.2, -0.15) is 8.78 Å². The molecule has 0 radical (unpaired) electrons. The van der Waals surface area contributed by atoms with Gasteiger partial charge in [0, 0.05) is 6.42 Å². The van der Waals surface area contributed by atoms with Gasteiger partial charge in [0.15, 0.2) is 11.6 Å². The van der Waals surface area contributed by atoms with Crippen LogP contribution in [0.3, 0.4) is 0 Å². The second-order valence-electron chi connectivity index (χ2n) is 4.33. The molecule has 0 aliphatic rings. The number of benzene rings is 1. The van der Waals surface area contributed by atoms with E-state index in [0.29, 0.717) is 18.4 Å². The van der Waals surface area contributed by atoms with Crippen molar-refractivity contribution in [3.63, 3.8) is 0 Å². The zero-order valence-corrected chi connectivity index (χ0v) is 11.4. The normalized spacial score (nSPS) is 12.3. The Morgan fingerprint density at radius 1 is 1.35 bits per heavy atom. The highest BCUT2D eigenvalue weighted by Crippen LogP contribution is 2.26. The van der Waals surface area contributed by atoms with Crippen molar-refractivity contribution < 1.29 is 27.4 Å². The fourth-order valence-electron chi connectivity index (χ4n) is 1.63. The average molecular weight is 290 g/mol. The van der Waals surface area contributed by atoms with E-state index in [0.717, 1.165) is 6.07 Å². The van der Waals surface area contributed by atoms with Crippen LogP contribution in [-0.4, -0.2) is 19.2 Å². The summed E-state index contributed by atoms with van der Waals surface area (Å²) in [7, 11) is 0. The predicted molar refractivity (Wildman–Crippen MR) is 67.3 cm³/mol. The highest BCUT2D eigenvalue weighted by Gasteiger charge is 2.13. The molecule has 0 bridgehead atoms. The molecule has 0 aliphatic carbocycles. The molecule has 1 aromatic rings. The Labute approximate surface area is 115 Å². The van der Waals surface area contributed by atoms with E-state index < -0.39 is 18.2 Å². The molecule has 0 aliphatic heterocycles. The Morgan fingerprint density at radius 3 is 2.60 bits per heavy atom. The van der Waals surface area contributed by atoms with Crippen LogP contribution >= 0.6 is 0 Å². The highest BCUT2D eigenvalue weighted by atomic mass is 19.3. The molecule has 20 heavy (non-hydrogen) atoms. The van der Waals surface area contributed by atoms with E-state index in [1.54, 1.807) is 6.92 Å². The third kappa shape index (κ3) is 5.11. The number of rotatable bonds is 7. The minimum Gasteiger partial charge on any atom is -0.466 e. The SMILES string of the molecule is CCC(=O)OCCC(C)c1ccc(OC(F)F)c(F)c1. The van der Waals surface area contributed by atoms with Gasteiger partial charge >= 0.3 is 12.6 Å². The van der Waals surface area contributed by atoms with Crippen LogP contribution in [0.1, 0.15) is 38.2 Å². The second-order valence-corrected chi connectivity index (χ2v) is 4.33. The zero-order chi connectivity index (χ0) is 15.1. The standard InChI is InChI=1S/C14H17F3O3/c1-3-13(18)19-7-6-9(2)10-4-5-12(11(15)8-10)20-14(16)17/h4-5,8-9,14H,3,6-7H2,1-2H3. The van der Waals surface area contributed by atoms with Gasteiger partial charge in [-0.15, -0.1) is 0 Å². The topological polar surface area (TPSA) is 35.5 Å². The van der Waals surface area contributed by atoms with Gasteiger partial charge in [0.2, 0.25) is 0 Å². The molecule has 6 heteroatoms. The summed E-state index contributed by atoms with van der Waals surface area (Å²) in [6.45, 7) is 0.719.